The van der Waals surface area contributed by atoms with Gasteiger partial charge in [-0.2, -0.15) is 5.10 Å². The molecule has 110 valence electrons. The number of hydrogen-bond acceptors (Lipinski definition) is 4. The number of aromatic nitrogens is 4. The summed E-state index contributed by atoms with van der Waals surface area (Å²) in [5.41, 5.74) is 10.3. The van der Waals surface area contributed by atoms with Crippen LogP contribution in [0.15, 0.2) is 6.20 Å². The molecule has 0 aliphatic carbocycles. The second-order valence-electron chi connectivity index (χ2n) is 4.93. The Kier molecular flexibility index (Phi) is 4.57. The topological polar surface area (TPSA) is 81.8 Å². The van der Waals surface area contributed by atoms with Crippen LogP contribution in [0.3, 0.4) is 0 Å². The number of nitrogens with one attached hydrogen (secondary N) is 1. The predicted molar refractivity (Wildman–Crippen MR) is 78.4 cm³/mol. The monoisotopic (exact) mass is 277 g/mol. The van der Waals surface area contributed by atoms with Crippen molar-refractivity contribution in [1.29, 1.82) is 0 Å². The van der Waals surface area contributed by atoms with Gasteiger partial charge in [0.1, 0.15) is 5.82 Å². The third kappa shape index (κ3) is 2.76. The van der Waals surface area contributed by atoms with Crippen LogP contribution in [0.1, 0.15) is 36.6 Å². The van der Waals surface area contributed by atoms with Crippen molar-refractivity contribution >= 4 is 0 Å². The second-order valence-corrected chi connectivity index (χ2v) is 4.93. The van der Waals surface area contributed by atoms with Gasteiger partial charge in [-0.05, 0) is 27.2 Å². The zero-order valence-corrected chi connectivity index (χ0v) is 12.6. The van der Waals surface area contributed by atoms with Crippen LogP contribution in [-0.4, -0.2) is 33.5 Å². The average Bonchev–Trinajstić information content (AvgIpc) is 3.01. The average molecular weight is 277 g/mol. The molecule has 3 N–H and O–H groups in total. The number of hydrogen-bond donors (Lipinski definition) is 2. The SMILES string of the molecule is CCn1nc(C)c(-c2cnc(C(N)CCOC)[nH]2)c1C. The maximum absolute atomic E-state index is 6.09. The number of methoxy groups -OCH3 is 1. The molecule has 2 aromatic heterocycles. The maximum Gasteiger partial charge on any atom is 0.123 e. The molecule has 0 amide bonds. The third-order valence-corrected chi connectivity index (χ3v) is 3.53. The number of aryl methyl sites for hydroxylation is 2. The Morgan fingerprint density at radius 3 is 2.80 bits per heavy atom. The van der Waals surface area contributed by atoms with Gasteiger partial charge in [-0.15, -0.1) is 0 Å². The largest absolute Gasteiger partial charge is 0.385 e. The fourth-order valence-corrected chi connectivity index (χ4v) is 2.43. The lowest BCUT2D eigenvalue weighted by molar-refractivity contribution is 0.187. The van der Waals surface area contributed by atoms with Crippen molar-refractivity contribution in [2.75, 3.05) is 13.7 Å². The Labute approximate surface area is 119 Å². The molecular formula is C14H23N5O. The minimum Gasteiger partial charge on any atom is -0.385 e. The van der Waals surface area contributed by atoms with Gasteiger partial charge in [0, 0.05) is 31.5 Å². The summed E-state index contributed by atoms with van der Waals surface area (Å²) in [6.45, 7) is 7.66. The van der Waals surface area contributed by atoms with E-state index < -0.39 is 0 Å². The molecule has 6 nitrogen and oxygen atoms in total. The lowest BCUT2D eigenvalue weighted by atomic mass is 10.1. The highest BCUT2D eigenvalue weighted by Gasteiger charge is 2.16. The number of rotatable bonds is 6. The molecule has 1 unspecified atom stereocenters. The number of ether oxygens (including phenoxy) is 1. The van der Waals surface area contributed by atoms with Gasteiger partial charge < -0.3 is 15.5 Å². The molecule has 0 aromatic carbocycles. The molecule has 20 heavy (non-hydrogen) atoms. The van der Waals surface area contributed by atoms with Gasteiger partial charge in [0.05, 0.1) is 23.6 Å². The smallest absolute Gasteiger partial charge is 0.123 e. The van der Waals surface area contributed by atoms with E-state index in [1.807, 2.05) is 17.8 Å². The van der Waals surface area contributed by atoms with Crippen molar-refractivity contribution in [2.45, 2.75) is 39.8 Å². The number of imidazole rings is 1. The van der Waals surface area contributed by atoms with Crippen LogP contribution in [0, 0.1) is 13.8 Å². The number of nitrogens with zero attached hydrogens (tertiary/aromatic N) is 3. The molecule has 0 spiro atoms. The van der Waals surface area contributed by atoms with Crippen molar-refractivity contribution in [3.8, 4) is 11.3 Å². The molecule has 2 rings (SSSR count). The molecule has 0 bridgehead atoms. The van der Waals surface area contributed by atoms with Gasteiger partial charge in [0.2, 0.25) is 0 Å². The lowest BCUT2D eigenvalue weighted by Crippen LogP contribution is -2.14. The molecule has 0 radical (unpaired) electrons. The van der Waals surface area contributed by atoms with Crippen LogP contribution < -0.4 is 5.73 Å². The van der Waals surface area contributed by atoms with E-state index in [4.69, 9.17) is 10.5 Å². The first-order valence-corrected chi connectivity index (χ1v) is 6.92. The van der Waals surface area contributed by atoms with Gasteiger partial charge in [-0.1, -0.05) is 0 Å². The summed E-state index contributed by atoms with van der Waals surface area (Å²) in [6, 6.07) is -0.134. The van der Waals surface area contributed by atoms with Crippen LogP contribution >= 0.6 is 0 Å². The van der Waals surface area contributed by atoms with Gasteiger partial charge in [0.15, 0.2) is 0 Å². The molecule has 0 saturated heterocycles. The first kappa shape index (κ1) is 14.7. The summed E-state index contributed by atoms with van der Waals surface area (Å²) >= 11 is 0. The highest BCUT2D eigenvalue weighted by Crippen LogP contribution is 2.26. The second kappa shape index (κ2) is 6.19. The fraction of sp³-hybridized carbons (Fsp3) is 0.571. The van der Waals surface area contributed by atoms with E-state index in [0.29, 0.717) is 6.61 Å². The minimum absolute atomic E-state index is 0.134. The van der Waals surface area contributed by atoms with Crippen molar-refractivity contribution in [3.63, 3.8) is 0 Å². The van der Waals surface area contributed by atoms with E-state index in [9.17, 15) is 0 Å². The quantitative estimate of drug-likeness (QED) is 0.845. The van der Waals surface area contributed by atoms with Gasteiger partial charge >= 0.3 is 0 Å². The Balaban J connectivity index is 2.27. The maximum atomic E-state index is 6.09. The summed E-state index contributed by atoms with van der Waals surface area (Å²) in [6.07, 6.45) is 2.58. The van der Waals surface area contributed by atoms with Crippen molar-refractivity contribution in [1.82, 2.24) is 19.7 Å². The summed E-state index contributed by atoms with van der Waals surface area (Å²) in [4.78, 5) is 7.70. The van der Waals surface area contributed by atoms with E-state index in [-0.39, 0.29) is 6.04 Å². The molecule has 2 heterocycles. The third-order valence-electron chi connectivity index (χ3n) is 3.53. The number of nitrogens with two attached hydrogens (primary N) is 1. The lowest BCUT2D eigenvalue weighted by Gasteiger charge is -2.07. The highest BCUT2D eigenvalue weighted by molar-refractivity contribution is 5.64. The number of H-pyrrole nitrogens is 1. The van der Waals surface area contributed by atoms with Gasteiger partial charge in [-0.3, -0.25) is 4.68 Å². The Bertz CT molecular complexity index is 572. The molecule has 0 saturated carbocycles. The van der Waals surface area contributed by atoms with E-state index in [1.165, 1.54) is 0 Å². The predicted octanol–water partition coefficient (Wildman–Crippen LogP) is 1.95. The Hall–Kier alpha value is -1.66. The van der Waals surface area contributed by atoms with Gasteiger partial charge in [0.25, 0.3) is 0 Å². The van der Waals surface area contributed by atoms with Crippen LogP contribution in [0.4, 0.5) is 0 Å². The van der Waals surface area contributed by atoms with Gasteiger partial charge in [-0.25, -0.2) is 4.98 Å². The molecule has 1 atom stereocenters. The summed E-state index contributed by atoms with van der Waals surface area (Å²) in [5, 5.41) is 4.53. The van der Waals surface area contributed by atoms with Crippen molar-refractivity contribution < 1.29 is 4.74 Å². The molecular weight excluding hydrogens is 254 g/mol. The van der Waals surface area contributed by atoms with E-state index in [2.05, 4.69) is 28.9 Å². The van der Waals surface area contributed by atoms with E-state index >= 15 is 0 Å². The number of aromatic amines is 1. The van der Waals surface area contributed by atoms with Crippen LogP contribution in [0.5, 0.6) is 0 Å². The minimum atomic E-state index is -0.134. The Morgan fingerprint density at radius 1 is 1.45 bits per heavy atom. The van der Waals surface area contributed by atoms with Crippen LogP contribution in [0.25, 0.3) is 11.3 Å². The van der Waals surface area contributed by atoms with Crippen LogP contribution in [-0.2, 0) is 11.3 Å². The van der Waals surface area contributed by atoms with Crippen molar-refractivity contribution in [2.24, 2.45) is 5.73 Å². The molecule has 0 fully saturated rings. The molecule has 2 aromatic rings. The van der Waals surface area contributed by atoms with E-state index in [0.717, 1.165) is 41.4 Å². The zero-order chi connectivity index (χ0) is 14.7. The van der Waals surface area contributed by atoms with Crippen molar-refractivity contribution in [3.05, 3.63) is 23.4 Å². The molecule has 0 aliphatic heterocycles. The first-order valence-electron chi connectivity index (χ1n) is 6.92. The molecule has 6 heteroatoms. The summed E-state index contributed by atoms with van der Waals surface area (Å²) in [5.74, 6) is 0.792. The summed E-state index contributed by atoms with van der Waals surface area (Å²) in [7, 11) is 1.67. The van der Waals surface area contributed by atoms with Crippen LogP contribution in [0.2, 0.25) is 0 Å². The Morgan fingerprint density at radius 2 is 2.20 bits per heavy atom. The standard InChI is InChI=1S/C14H23N5O/c1-5-19-10(3)13(9(2)18-19)12-8-16-14(17-12)11(15)6-7-20-4/h8,11H,5-7,15H2,1-4H3,(H,16,17). The fourth-order valence-electron chi connectivity index (χ4n) is 2.43. The van der Waals surface area contributed by atoms with E-state index in [1.54, 1.807) is 7.11 Å². The highest BCUT2D eigenvalue weighted by atomic mass is 16.5. The zero-order valence-electron chi connectivity index (χ0n) is 12.6. The first-order chi connectivity index (χ1) is 9.58. The summed E-state index contributed by atoms with van der Waals surface area (Å²) < 4.78 is 7.04. The normalized spacial score (nSPS) is 12.8. The molecule has 0 aliphatic rings.